The average Bonchev–Trinajstić information content (AvgIpc) is 2.83. The van der Waals surface area contributed by atoms with Crippen LogP contribution in [0.4, 0.5) is 0 Å². The molecule has 3 aromatic rings. The van der Waals surface area contributed by atoms with Gasteiger partial charge in [0.1, 0.15) is 0 Å². The topological polar surface area (TPSA) is 32.9 Å². The van der Waals surface area contributed by atoms with Crippen molar-refractivity contribution < 1.29 is 4.79 Å². The number of hydrogen-bond acceptors (Lipinski definition) is 1. The number of aryl methyl sites for hydroxylation is 1. The van der Waals surface area contributed by atoms with E-state index in [-0.39, 0.29) is 5.78 Å². The summed E-state index contributed by atoms with van der Waals surface area (Å²) in [5, 5.41) is 1.86. The fourth-order valence-electron chi connectivity index (χ4n) is 2.25. The third-order valence-corrected chi connectivity index (χ3v) is 3.91. The summed E-state index contributed by atoms with van der Waals surface area (Å²) in [6.45, 7) is 1.94. The van der Waals surface area contributed by atoms with Crippen LogP contribution in [0, 0.1) is 6.92 Å². The quantitative estimate of drug-likeness (QED) is 0.663. The predicted octanol–water partition coefficient (Wildman–Crippen LogP) is 5.01. The normalized spacial score (nSPS) is 10.9. The van der Waals surface area contributed by atoms with Crippen molar-refractivity contribution in [1.29, 1.82) is 0 Å². The molecular weight excluding hydrogens is 293 g/mol. The Labute approximate surface area is 126 Å². The van der Waals surface area contributed by atoms with Crippen LogP contribution in [0.2, 0.25) is 10.0 Å². The van der Waals surface area contributed by atoms with E-state index in [0.717, 1.165) is 16.5 Å². The van der Waals surface area contributed by atoms with Crippen LogP contribution in [0.15, 0.2) is 42.6 Å². The van der Waals surface area contributed by atoms with Crippen LogP contribution >= 0.6 is 23.2 Å². The van der Waals surface area contributed by atoms with E-state index in [2.05, 4.69) is 4.98 Å². The minimum atomic E-state index is -0.108. The molecular formula is C16H11Cl2NO. The molecule has 0 atom stereocenters. The van der Waals surface area contributed by atoms with Gasteiger partial charge < -0.3 is 4.98 Å². The number of aromatic amines is 1. The maximum Gasteiger partial charge on any atom is 0.196 e. The van der Waals surface area contributed by atoms with Gasteiger partial charge in [-0.3, -0.25) is 4.79 Å². The van der Waals surface area contributed by atoms with Crippen molar-refractivity contribution in [3.05, 3.63) is 69.3 Å². The first-order valence-corrected chi connectivity index (χ1v) is 6.90. The van der Waals surface area contributed by atoms with Gasteiger partial charge in [0.2, 0.25) is 0 Å². The van der Waals surface area contributed by atoms with Gasteiger partial charge in [0, 0.05) is 22.7 Å². The molecule has 0 bridgehead atoms. The van der Waals surface area contributed by atoms with Gasteiger partial charge in [-0.2, -0.15) is 0 Å². The maximum absolute atomic E-state index is 12.6. The highest BCUT2D eigenvalue weighted by molar-refractivity contribution is 6.37. The Balaban J connectivity index is 2.16. The molecule has 3 rings (SSSR count). The average molecular weight is 304 g/mol. The number of H-pyrrole nitrogens is 1. The van der Waals surface area contributed by atoms with E-state index >= 15 is 0 Å². The third-order valence-electron chi connectivity index (χ3n) is 3.28. The first-order valence-electron chi connectivity index (χ1n) is 6.14. The number of carbonyl (C=O) groups excluding carboxylic acids is 1. The molecule has 100 valence electrons. The summed E-state index contributed by atoms with van der Waals surface area (Å²) >= 11 is 12.3. The van der Waals surface area contributed by atoms with Crippen molar-refractivity contribution in [3.8, 4) is 0 Å². The van der Waals surface area contributed by atoms with Gasteiger partial charge in [0.15, 0.2) is 5.78 Å². The summed E-state index contributed by atoms with van der Waals surface area (Å²) in [6.07, 6.45) is 1.68. The largest absolute Gasteiger partial charge is 0.359 e. The van der Waals surface area contributed by atoms with Gasteiger partial charge in [-0.05, 0) is 30.7 Å². The summed E-state index contributed by atoms with van der Waals surface area (Å²) in [5.74, 6) is -0.108. The number of halogens is 2. The molecule has 0 radical (unpaired) electrons. The van der Waals surface area contributed by atoms with Crippen molar-refractivity contribution in [2.45, 2.75) is 6.92 Å². The van der Waals surface area contributed by atoms with Crippen LogP contribution in [0.1, 0.15) is 21.5 Å². The van der Waals surface area contributed by atoms with Crippen LogP contribution in [0.25, 0.3) is 10.9 Å². The summed E-state index contributed by atoms with van der Waals surface area (Å²) < 4.78 is 0. The lowest BCUT2D eigenvalue weighted by atomic mass is 10.0. The highest BCUT2D eigenvalue weighted by Crippen LogP contribution is 2.28. The molecule has 0 spiro atoms. The maximum atomic E-state index is 12.6. The van der Waals surface area contributed by atoms with Gasteiger partial charge in [-0.25, -0.2) is 0 Å². The highest BCUT2D eigenvalue weighted by atomic mass is 35.5. The van der Waals surface area contributed by atoms with Gasteiger partial charge in [-0.15, -0.1) is 0 Å². The van der Waals surface area contributed by atoms with Gasteiger partial charge in [-0.1, -0.05) is 41.4 Å². The zero-order valence-electron chi connectivity index (χ0n) is 10.7. The number of hydrogen-bond donors (Lipinski definition) is 1. The number of ketones is 1. The molecule has 0 aliphatic heterocycles. The van der Waals surface area contributed by atoms with Crippen molar-refractivity contribution in [1.82, 2.24) is 4.98 Å². The Morgan fingerprint density at radius 3 is 2.60 bits per heavy atom. The second-order valence-electron chi connectivity index (χ2n) is 4.68. The van der Waals surface area contributed by atoms with E-state index in [1.54, 1.807) is 24.4 Å². The Hall–Kier alpha value is -1.77. The SMILES string of the molecule is Cc1ccc(C(=O)c2c[nH]c3c(Cl)cccc23)c(Cl)c1. The molecule has 1 aromatic heterocycles. The highest BCUT2D eigenvalue weighted by Gasteiger charge is 2.17. The van der Waals surface area contributed by atoms with Crippen LogP contribution in [0.3, 0.4) is 0 Å². The fourth-order valence-corrected chi connectivity index (χ4v) is 2.80. The molecule has 1 N–H and O–H groups in total. The number of fused-ring (bicyclic) bond motifs is 1. The van der Waals surface area contributed by atoms with E-state index in [1.165, 1.54) is 0 Å². The predicted molar refractivity (Wildman–Crippen MR) is 82.9 cm³/mol. The monoisotopic (exact) mass is 303 g/mol. The first kappa shape index (κ1) is 13.2. The molecule has 2 nitrogen and oxygen atoms in total. The number of aromatic nitrogens is 1. The van der Waals surface area contributed by atoms with Gasteiger partial charge >= 0.3 is 0 Å². The number of nitrogens with one attached hydrogen (secondary N) is 1. The number of carbonyl (C=O) groups is 1. The number of para-hydroxylation sites is 1. The van der Waals surface area contributed by atoms with E-state index in [0.29, 0.717) is 21.2 Å². The lowest BCUT2D eigenvalue weighted by Crippen LogP contribution is -2.01. The molecule has 0 aliphatic carbocycles. The first-order chi connectivity index (χ1) is 9.58. The van der Waals surface area contributed by atoms with E-state index in [1.807, 2.05) is 25.1 Å². The summed E-state index contributed by atoms with van der Waals surface area (Å²) in [4.78, 5) is 15.7. The molecule has 0 aliphatic rings. The molecule has 2 aromatic carbocycles. The smallest absolute Gasteiger partial charge is 0.196 e. The fraction of sp³-hybridized carbons (Fsp3) is 0.0625. The molecule has 0 saturated heterocycles. The van der Waals surface area contributed by atoms with Crippen molar-refractivity contribution in [3.63, 3.8) is 0 Å². The summed E-state index contributed by atoms with van der Waals surface area (Å²) in [7, 11) is 0. The zero-order chi connectivity index (χ0) is 14.3. The summed E-state index contributed by atoms with van der Waals surface area (Å²) in [6, 6.07) is 10.9. The molecule has 0 saturated carbocycles. The van der Waals surface area contributed by atoms with Crippen LogP contribution in [0.5, 0.6) is 0 Å². The van der Waals surface area contributed by atoms with Crippen molar-refractivity contribution in [2.75, 3.05) is 0 Å². The van der Waals surface area contributed by atoms with E-state index in [9.17, 15) is 4.79 Å². The van der Waals surface area contributed by atoms with Gasteiger partial charge in [0.05, 0.1) is 15.6 Å². The second kappa shape index (κ2) is 4.97. The molecule has 0 unspecified atom stereocenters. The van der Waals surface area contributed by atoms with Crippen molar-refractivity contribution in [2.24, 2.45) is 0 Å². The van der Waals surface area contributed by atoms with E-state index in [4.69, 9.17) is 23.2 Å². The molecule has 1 heterocycles. The number of rotatable bonds is 2. The lowest BCUT2D eigenvalue weighted by molar-refractivity contribution is 0.104. The molecule has 4 heteroatoms. The minimum absolute atomic E-state index is 0.108. The van der Waals surface area contributed by atoms with Crippen LogP contribution in [-0.4, -0.2) is 10.8 Å². The van der Waals surface area contributed by atoms with Crippen molar-refractivity contribution >= 4 is 39.9 Å². The van der Waals surface area contributed by atoms with Gasteiger partial charge in [0.25, 0.3) is 0 Å². The van der Waals surface area contributed by atoms with Crippen LogP contribution in [-0.2, 0) is 0 Å². The zero-order valence-corrected chi connectivity index (χ0v) is 12.2. The van der Waals surface area contributed by atoms with Crippen LogP contribution < -0.4 is 0 Å². The summed E-state index contributed by atoms with van der Waals surface area (Å²) in [5.41, 5.74) is 2.86. The molecule has 0 amide bonds. The minimum Gasteiger partial charge on any atom is -0.359 e. The molecule has 20 heavy (non-hydrogen) atoms. The Kier molecular flexibility index (Phi) is 3.28. The Morgan fingerprint density at radius 2 is 1.85 bits per heavy atom. The van der Waals surface area contributed by atoms with E-state index < -0.39 is 0 Å². The number of benzene rings is 2. The lowest BCUT2D eigenvalue weighted by Gasteiger charge is -2.04. The third kappa shape index (κ3) is 2.11. The Bertz CT molecular complexity index is 820. The Morgan fingerprint density at radius 1 is 1.05 bits per heavy atom. The molecule has 0 fully saturated rings. The standard InChI is InChI=1S/C16H11Cl2NO/c1-9-5-6-11(14(18)7-9)16(20)12-8-19-15-10(12)3-2-4-13(15)17/h2-8,19H,1H3. The second-order valence-corrected chi connectivity index (χ2v) is 5.49.